The number of H-pyrrole nitrogens is 2. The van der Waals surface area contributed by atoms with Crippen LogP contribution in [0.15, 0.2) is 84.2 Å². The normalized spacial score (nSPS) is 16.3. The zero-order chi connectivity index (χ0) is 23.1. The lowest BCUT2D eigenvalue weighted by Crippen LogP contribution is -2.26. The van der Waals surface area contributed by atoms with Gasteiger partial charge in [-0.1, -0.05) is 42.5 Å². The number of hydrazone groups is 1. The van der Waals surface area contributed by atoms with Gasteiger partial charge in [-0.25, -0.2) is 5.43 Å². The van der Waals surface area contributed by atoms with Gasteiger partial charge >= 0.3 is 0 Å². The number of hydrogen-bond acceptors (Lipinski definition) is 3. The van der Waals surface area contributed by atoms with Gasteiger partial charge in [0.05, 0.1) is 11.8 Å². The number of carbonyl (C=O) groups is 2. The van der Waals surface area contributed by atoms with Gasteiger partial charge in [0, 0.05) is 57.8 Å². The molecule has 1 atom stereocenters. The van der Waals surface area contributed by atoms with E-state index >= 15 is 0 Å². The van der Waals surface area contributed by atoms with Crippen LogP contribution in [0.5, 0.6) is 0 Å². The number of aromatic nitrogens is 2. The zero-order valence-corrected chi connectivity index (χ0v) is 18.1. The maximum Gasteiger partial charge on any atom is 0.272 e. The number of nitrogens with one attached hydrogen (secondary N) is 4. The Morgan fingerprint density at radius 1 is 0.735 bits per heavy atom. The van der Waals surface area contributed by atoms with Crippen molar-refractivity contribution in [2.45, 2.75) is 5.92 Å². The molecule has 5 aromatic rings. The summed E-state index contributed by atoms with van der Waals surface area (Å²) in [5.74, 6) is 0.0395. The fourth-order valence-electron chi connectivity index (χ4n) is 4.78. The van der Waals surface area contributed by atoms with E-state index in [0.717, 1.165) is 32.9 Å². The second kappa shape index (κ2) is 8.04. The lowest BCUT2D eigenvalue weighted by atomic mass is 9.91. The largest absolute Gasteiger partial charge is 0.361 e. The highest BCUT2D eigenvalue weighted by Gasteiger charge is 2.25. The molecule has 0 saturated carbocycles. The molecule has 0 fully saturated rings. The molecule has 0 aliphatic carbocycles. The molecule has 7 rings (SSSR count). The van der Waals surface area contributed by atoms with Crippen LogP contribution in [0.1, 0.15) is 43.3 Å². The van der Waals surface area contributed by atoms with Crippen LogP contribution < -0.4 is 10.7 Å². The summed E-state index contributed by atoms with van der Waals surface area (Å²) in [6.07, 6.45) is 5.53. The van der Waals surface area contributed by atoms with Gasteiger partial charge in [0.25, 0.3) is 11.8 Å². The summed E-state index contributed by atoms with van der Waals surface area (Å²) >= 11 is 0. The van der Waals surface area contributed by atoms with E-state index < -0.39 is 0 Å². The topological polar surface area (TPSA) is 102 Å². The molecule has 3 aromatic carbocycles. The van der Waals surface area contributed by atoms with E-state index in [1.807, 2.05) is 60.9 Å². The summed E-state index contributed by atoms with van der Waals surface area (Å²) in [4.78, 5) is 30.2. The summed E-state index contributed by atoms with van der Waals surface area (Å²) in [6.45, 7) is 0.629. The van der Waals surface area contributed by atoms with Gasteiger partial charge in [-0.05, 0) is 35.4 Å². The minimum atomic E-state index is -0.162. The fraction of sp³-hybridized carbons (Fsp3) is 0.0741. The Hall–Kier alpha value is -4.65. The summed E-state index contributed by atoms with van der Waals surface area (Å²) < 4.78 is 0. The lowest BCUT2D eigenvalue weighted by molar-refractivity contribution is 0.0948. The van der Waals surface area contributed by atoms with Crippen LogP contribution in [-0.4, -0.2) is 34.5 Å². The highest BCUT2D eigenvalue weighted by atomic mass is 16.2. The van der Waals surface area contributed by atoms with Crippen molar-refractivity contribution in [3.8, 4) is 0 Å². The van der Waals surface area contributed by atoms with E-state index in [4.69, 9.17) is 0 Å². The Labute approximate surface area is 194 Å². The fourth-order valence-corrected chi connectivity index (χ4v) is 4.78. The minimum absolute atomic E-state index is 0.00915. The quantitative estimate of drug-likeness (QED) is 0.308. The summed E-state index contributed by atoms with van der Waals surface area (Å²) in [5, 5.41) is 8.84. The third-order valence-electron chi connectivity index (χ3n) is 6.38. The van der Waals surface area contributed by atoms with Crippen LogP contribution in [0.2, 0.25) is 0 Å². The monoisotopic (exact) mass is 447 g/mol. The maximum absolute atomic E-state index is 12.2. The van der Waals surface area contributed by atoms with Gasteiger partial charge in [0.15, 0.2) is 0 Å². The van der Waals surface area contributed by atoms with E-state index in [1.165, 1.54) is 11.1 Å². The van der Waals surface area contributed by atoms with Gasteiger partial charge in [-0.15, -0.1) is 0 Å². The van der Waals surface area contributed by atoms with E-state index in [9.17, 15) is 9.59 Å². The second-order valence-electron chi connectivity index (χ2n) is 8.32. The third-order valence-corrected chi connectivity index (χ3v) is 6.38. The number of benzene rings is 3. The van der Waals surface area contributed by atoms with Crippen molar-refractivity contribution in [3.63, 3.8) is 0 Å². The number of carbonyl (C=O) groups excluding carboxylic acids is 2. The van der Waals surface area contributed by atoms with E-state index in [1.54, 1.807) is 12.3 Å². The Kier molecular flexibility index (Phi) is 4.73. The molecule has 34 heavy (non-hydrogen) atoms. The molecule has 2 aliphatic heterocycles. The lowest BCUT2D eigenvalue weighted by Gasteiger charge is -2.15. The van der Waals surface area contributed by atoms with Crippen LogP contribution in [0.25, 0.3) is 21.8 Å². The first-order chi connectivity index (χ1) is 16.7. The van der Waals surface area contributed by atoms with Crippen LogP contribution in [-0.2, 0) is 0 Å². The molecule has 7 nitrogen and oxygen atoms in total. The van der Waals surface area contributed by atoms with Gasteiger partial charge in [-0.2, -0.15) is 5.10 Å². The molecule has 4 heterocycles. The molecule has 2 amide bonds. The Balaban J connectivity index is 0.000000136. The molecular weight excluding hydrogens is 426 g/mol. The first-order valence-corrected chi connectivity index (χ1v) is 11.1. The molecule has 1 unspecified atom stereocenters. The van der Waals surface area contributed by atoms with Crippen LogP contribution in [0, 0.1) is 0 Å². The Bertz CT molecular complexity index is 1580. The smallest absolute Gasteiger partial charge is 0.272 e. The summed E-state index contributed by atoms with van der Waals surface area (Å²) in [6, 6.07) is 21.7. The van der Waals surface area contributed by atoms with Crippen molar-refractivity contribution in [1.29, 1.82) is 0 Å². The molecule has 7 heteroatoms. The van der Waals surface area contributed by atoms with Crippen molar-refractivity contribution < 1.29 is 9.59 Å². The number of aromatic amines is 2. The highest BCUT2D eigenvalue weighted by Crippen LogP contribution is 2.34. The molecule has 4 N–H and O–H groups in total. The molecule has 0 spiro atoms. The predicted molar refractivity (Wildman–Crippen MR) is 132 cm³/mol. The predicted octanol–water partition coefficient (Wildman–Crippen LogP) is 4.29. The van der Waals surface area contributed by atoms with Crippen LogP contribution >= 0.6 is 0 Å². The molecule has 166 valence electrons. The maximum atomic E-state index is 12.2. The van der Waals surface area contributed by atoms with E-state index in [0.29, 0.717) is 12.1 Å². The summed E-state index contributed by atoms with van der Waals surface area (Å²) in [5.41, 5.74) is 9.22. The number of amides is 2. The van der Waals surface area contributed by atoms with Crippen molar-refractivity contribution >= 4 is 39.8 Å². The van der Waals surface area contributed by atoms with Gasteiger partial charge < -0.3 is 15.3 Å². The van der Waals surface area contributed by atoms with Crippen molar-refractivity contribution in [1.82, 2.24) is 20.7 Å². The molecule has 0 saturated heterocycles. The van der Waals surface area contributed by atoms with Gasteiger partial charge in [-0.3, -0.25) is 9.59 Å². The standard InChI is InChI=1S/C17H14N2O.C10H7N3O/c20-17-12-7-4-8-15-16(12)14(10-18-15)13(9-19-17)11-5-2-1-3-6-11;14-10-7-2-1-3-8-9(7)6(4-11-8)5-12-13-10/h1-8,10,13,18H,9H2,(H,19,20);1-5,11H,(H,13,14). The first kappa shape index (κ1) is 20.0. The second-order valence-corrected chi connectivity index (χ2v) is 8.32. The molecule has 2 aromatic heterocycles. The molecular formula is C27H21N5O2. The van der Waals surface area contributed by atoms with E-state index in [2.05, 4.69) is 37.9 Å². The summed E-state index contributed by atoms with van der Waals surface area (Å²) in [7, 11) is 0. The first-order valence-electron chi connectivity index (χ1n) is 11.1. The number of rotatable bonds is 1. The average Bonchev–Trinajstić information content (AvgIpc) is 3.41. The number of nitrogens with zero attached hydrogens (tertiary/aromatic N) is 1. The highest BCUT2D eigenvalue weighted by molar-refractivity contribution is 6.14. The van der Waals surface area contributed by atoms with E-state index in [-0.39, 0.29) is 17.7 Å². The van der Waals surface area contributed by atoms with Crippen LogP contribution in [0.4, 0.5) is 0 Å². The molecule has 2 aliphatic rings. The Morgan fingerprint density at radius 2 is 1.44 bits per heavy atom. The van der Waals surface area contributed by atoms with Gasteiger partial charge in [0.2, 0.25) is 0 Å². The van der Waals surface area contributed by atoms with Gasteiger partial charge in [0.1, 0.15) is 0 Å². The van der Waals surface area contributed by atoms with Crippen molar-refractivity contribution in [3.05, 3.63) is 107 Å². The average molecular weight is 447 g/mol. The Morgan fingerprint density at radius 3 is 2.24 bits per heavy atom. The molecule has 0 radical (unpaired) electrons. The minimum Gasteiger partial charge on any atom is -0.361 e. The van der Waals surface area contributed by atoms with Crippen molar-refractivity contribution in [2.75, 3.05) is 6.54 Å². The molecule has 0 bridgehead atoms. The third kappa shape index (κ3) is 3.26. The van der Waals surface area contributed by atoms with Crippen LogP contribution in [0.3, 0.4) is 0 Å². The number of hydrogen-bond donors (Lipinski definition) is 4. The SMILES string of the molecule is O=C1NCC(c2ccccc2)c2c[nH]c3cccc1c23.O=C1NN=Cc2c[nH]c3cccc1c23. The van der Waals surface area contributed by atoms with Crippen molar-refractivity contribution in [2.24, 2.45) is 5.10 Å². The zero-order valence-electron chi connectivity index (χ0n) is 18.1.